The number of carbonyl (C=O) groups excluding carboxylic acids is 1. The van der Waals surface area contributed by atoms with Crippen molar-refractivity contribution in [1.82, 2.24) is 5.06 Å². The number of benzene rings is 3. The number of nitrogens with zero attached hydrogens (tertiary/aromatic N) is 1. The van der Waals surface area contributed by atoms with Crippen LogP contribution in [-0.4, -0.2) is 45.4 Å². The monoisotopic (exact) mass is 451 g/mol. The van der Waals surface area contributed by atoms with E-state index in [4.69, 9.17) is 9.57 Å². The number of hydrogen-bond acceptors (Lipinski definition) is 7. The zero-order valence-corrected chi connectivity index (χ0v) is 18.9. The fraction of sp³-hybridized carbons (Fsp3) is 0.423. The molecule has 0 unspecified atom stereocenters. The quantitative estimate of drug-likeness (QED) is 0.512. The van der Waals surface area contributed by atoms with Crippen LogP contribution in [0.4, 0.5) is 0 Å². The minimum Gasteiger partial charge on any atom is -0.496 e. The van der Waals surface area contributed by atoms with Gasteiger partial charge in [0.05, 0.1) is 45.1 Å². The molecule has 7 heteroatoms. The first kappa shape index (κ1) is 22.3. The molecule has 1 fully saturated rings. The fourth-order valence-corrected chi connectivity index (χ4v) is 5.48. The molecule has 33 heavy (non-hydrogen) atoms. The molecule has 2 aliphatic rings. The fourth-order valence-electron chi connectivity index (χ4n) is 5.48. The third-order valence-electron chi connectivity index (χ3n) is 7.02. The summed E-state index contributed by atoms with van der Waals surface area (Å²) < 4.78 is 5.54. The Labute approximate surface area is 192 Å². The first-order chi connectivity index (χ1) is 15.9. The van der Waals surface area contributed by atoms with E-state index >= 15 is 0 Å². The van der Waals surface area contributed by atoms with Crippen molar-refractivity contribution in [2.45, 2.75) is 64.2 Å². The van der Waals surface area contributed by atoms with Gasteiger partial charge in [0.2, 0.25) is 0 Å². The van der Waals surface area contributed by atoms with Gasteiger partial charge in [0.1, 0.15) is 11.5 Å². The first-order valence-electron chi connectivity index (χ1n) is 11.4. The Morgan fingerprint density at radius 3 is 2.58 bits per heavy atom. The molecule has 7 nitrogen and oxygen atoms in total. The van der Waals surface area contributed by atoms with E-state index in [1.165, 1.54) is 0 Å². The molecule has 0 radical (unpaired) electrons. The second-order valence-electron chi connectivity index (χ2n) is 9.10. The average molecular weight is 452 g/mol. The third-order valence-corrected chi connectivity index (χ3v) is 7.02. The molecule has 5 rings (SSSR count). The predicted molar refractivity (Wildman–Crippen MR) is 124 cm³/mol. The zero-order valence-electron chi connectivity index (χ0n) is 18.9. The molecule has 0 saturated carbocycles. The summed E-state index contributed by atoms with van der Waals surface area (Å²) in [5.74, 6) is 0.671. The highest BCUT2D eigenvalue weighted by Gasteiger charge is 2.41. The molecule has 3 aromatic carbocycles. The summed E-state index contributed by atoms with van der Waals surface area (Å²) in [5, 5.41) is 36.7. The van der Waals surface area contributed by atoms with Gasteiger partial charge in [-0.1, -0.05) is 12.1 Å². The number of methoxy groups -OCH3 is 1. The van der Waals surface area contributed by atoms with Crippen molar-refractivity contribution in [2.75, 3.05) is 7.11 Å². The van der Waals surface area contributed by atoms with Gasteiger partial charge in [-0.25, -0.2) is 0 Å². The lowest BCUT2D eigenvalue weighted by Gasteiger charge is -2.45. The Hall–Kier alpha value is -2.55. The summed E-state index contributed by atoms with van der Waals surface area (Å²) >= 11 is 0. The Bertz CT molecular complexity index is 1240. The van der Waals surface area contributed by atoms with Crippen LogP contribution in [-0.2, 0) is 29.4 Å². The van der Waals surface area contributed by atoms with Crippen molar-refractivity contribution < 1.29 is 29.7 Å². The van der Waals surface area contributed by atoms with E-state index in [1.54, 1.807) is 14.0 Å². The number of ether oxygens (including phenoxy) is 1. The largest absolute Gasteiger partial charge is 0.496 e. The highest BCUT2D eigenvalue weighted by Crippen LogP contribution is 2.46. The number of rotatable bonds is 5. The lowest BCUT2D eigenvalue weighted by molar-refractivity contribution is -0.275. The van der Waals surface area contributed by atoms with Crippen LogP contribution in [0.3, 0.4) is 0 Å². The van der Waals surface area contributed by atoms with Crippen LogP contribution < -0.4 is 4.74 Å². The Kier molecular flexibility index (Phi) is 5.84. The summed E-state index contributed by atoms with van der Waals surface area (Å²) in [6.45, 7) is 1.80. The third kappa shape index (κ3) is 3.70. The van der Waals surface area contributed by atoms with Gasteiger partial charge in [0, 0.05) is 12.0 Å². The second kappa shape index (κ2) is 8.66. The van der Waals surface area contributed by atoms with E-state index in [9.17, 15) is 20.1 Å². The lowest BCUT2D eigenvalue weighted by atomic mass is 9.81. The summed E-state index contributed by atoms with van der Waals surface area (Å²) in [7, 11) is 1.57. The SMILES string of the molecule is COc1cc2c3c(c4ccc(CO)cc4c2cc1CO)[C@H](O)[C@@H]1CC[C@H](CC(C)=O)ON1C3. The molecule has 0 bridgehead atoms. The van der Waals surface area contributed by atoms with Crippen molar-refractivity contribution in [2.24, 2.45) is 0 Å². The van der Waals surface area contributed by atoms with Gasteiger partial charge in [-0.05, 0) is 76.2 Å². The minimum absolute atomic E-state index is 0.0815. The van der Waals surface area contributed by atoms with E-state index < -0.39 is 6.10 Å². The van der Waals surface area contributed by atoms with Crippen LogP contribution in [0.15, 0.2) is 30.3 Å². The molecule has 0 aromatic heterocycles. The van der Waals surface area contributed by atoms with E-state index in [1.807, 2.05) is 35.4 Å². The Balaban J connectivity index is 1.74. The minimum atomic E-state index is -0.762. The van der Waals surface area contributed by atoms with Crippen LogP contribution >= 0.6 is 0 Å². The maximum absolute atomic E-state index is 11.6. The number of aliphatic hydroxyl groups excluding tert-OH is 3. The van der Waals surface area contributed by atoms with Crippen molar-refractivity contribution in [3.05, 3.63) is 52.6 Å². The summed E-state index contributed by atoms with van der Waals surface area (Å²) in [6.07, 6.45) is 0.882. The number of hydroxylamine groups is 2. The number of ketones is 1. The summed E-state index contributed by atoms with van der Waals surface area (Å²) in [6, 6.07) is 9.43. The van der Waals surface area contributed by atoms with Gasteiger partial charge in [-0.3, -0.25) is 9.63 Å². The number of fused-ring (bicyclic) bond motifs is 7. The van der Waals surface area contributed by atoms with Crippen LogP contribution in [0.2, 0.25) is 0 Å². The molecule has 3 atom stereocenters. The molecular weight excluding hydrogens is 422 g/mol. The van der Waals surface area contributed by atoms with Gasteiger partial charge in [0.15, 0.2) is 0 Å². The normalized spacial score (nSPS) is 22.9. The van der Waals surface area contributed by atoms with Gasteiger partial charge in [-0.15, -0.1) is 0 Å². The van der Waals surface area contributed by atoms with Crippen LogP contribution in [0, 0.1) is 0 Å². The van der Waals surface area contributed by atoms with Gasteiger partial charge < -0.3 is 20.1 Å². The van der Waals surface area contributed by atoms with Crippen molar-refractivity contribution in [3.8, 4) is 5.75 Å². The second-order valence-corrected chi connectivity index (χ2v) is 9.10. The smallest absolute Gasteiger partial charge is 0.132 e. The topological polar surface area (TPSA) is 99.5 Å². The van der Waals surface area contributed by atoms with E-state index in [0.29, 0.717) is 24.3 Å². The molecule has 2 aliphatic heterocycles. The van der Waals surface area contributed by atoms with Crippen molar-refractivity contribution in [3.63, 3.8) is 0 Å². The standard InChI is InChI=1S/C26H29NO6/c1-14(30)7-17-4-6-23-26(31)25-18-5-3-15(12-28)8-19(18)20-9-16(13-29)24(32-2)10-21(20)22(25)11-27(23)33-17/h3,5,8-10,17,23,26,28-29,31H,4,6-7,11-13H2,1-2H3/t17-,23+,26-/m1/s1. The van der Waals surface area contributed by atoms with Gasteiger partial charge in [-0.2, -0.15) is 5.06 Å². The highest BCUT2D eigenvalue weighted by atomic mass is 16.7. The first-order valence-corrected chi connectivity index (χ1v) is 11.4. The number of hydrogen-bond donors (Lipinski definition) is 3. The predicted octanol–water partition coefficient (Wildman–Crippen LogP) is 3.28. The highest BCUT2D eigenvalue weighted by molar-refractivity contribution is 6.12. The van der Waals surface area contributed by atoms with Gasteiger partial charge in [0.25, 0.3) is 0 Å². The van der Waals surface area contributed by atoms with Gasteiger partial charge >= 0.3 is 0 Å². The average Bonchev–Trinajstić information content (AvgIpc) is 2.82. The maximum atomic E-state index is 11.6. The molecule has 1 saturated heterocycles. The van der Waals surface area contributed by atoms with Crippen molar-refractivity contribution in [1.29, 1.82) is 0 Å². The molecule has 3 aromatic rings. The van der Waals surface area contributed by atoms with Crippen molar-refractivity contribution >= 4 is 27.3 Å². The molecule has 0 amide bonds. The van der Waals surface area contributed by atoms with E-state index in [2.05, 4.69) is 0 Å². The molecular formula is C26H29NO6. The van der Waals surface area contributed by atoms with Crippen LogP contribution in [0.1, 0.15) is 54.5 Å². The van der Waals surface area contributed by atoms with Crippen LogP contribution in [0.5, 0.6) is 5.75 Å². The van der Waals surface area contributed by atoms with Crippen LogP contribution in [0.25, 0.3) is 21.5 Å². The zero-order chi connectivity index (χ0) is 23.3. The molecule has 3 N–H and O–H groups in total. The number of aliphatic hydroxyl groups is 3. The molecule has 174 valence electrons. The Morgan fingerprint density at radius 1 is 1.09 bits per heavy atom. The molecule has 2 heterocycles. The lowest BCUT2D eigenvalue weighted by Crippen LogP contribution is -2.49. The molecule has 0 aliphatic carbocycles. The van der Waals surface area contributed by atoms with E-state index in [0.717, 1.165) is 51.1 Å². The molecule has 0 spiro atoms. The van der Waals surface area contributed by atoms with E-state index in [-0.39, 0.29) is 31.1 Å². The number of Topliss-reactive ketones (excluding diaryl/α,β-unsaturated/α-hetero) is 1. The number of carbonyl (C=O) groups is 1. The maximum Gasteiger partial charge on any atom is 0.132 e. The Morgan fingerprint density at radius 2 is 1.88 bits per heavy atom. The summed E-state index contributed by atoms with van der Waals surface area (Å²) in [5.41, 5.74) is 3.27. The summed E-state index contributed by atoms with van der Waals surface area (Å²) in [4.78, 5) is 17.8.